The first-order valence-corrected chi connectivity index (χ1v) is 10.8. The van der Waals surface area contributed by atoms with Crippen LogP contribution < -0.4 is 14.4 Å². The summed E-state index contributed by atoms with van der Waals surface area (Å²) in [6.45, 7) is 6.77. The number of fused-ring (bicyclic) bond motifs is 1. The third-order valence-corrected chi connectivity index (χ3v) is 7.45. The number of piperazine rings is 1. The minimum absolute atomic E-state index is 0.167. The summed E-state index contributed by atoms with van der Waals surface area (Å²) in [5, 5.41) is 10.2. The summed E-state index contributed by atoms with van der Waals surface area (Å²) in [6.07, 6.45) is 0. The van der Waals surface area contributed by atoms with Crippen LogP contribution in [-0.2, 0) is 16.6 Å². The van der Waals surface area contributed by atoms with Gasteiger partial charge in [-0.2, -0.15) is 4.31 Å². The summed E-state index contributed by atoms with van der Waals surface area (Å²) in [6, 6.07) is 8.91. The first-order valence-electron chi connectivity index (χ1n) is 9.37. The molecule has 2 aliphatic heterocycles. The molecule has 4 rings (SSSR count). The van der Waals surface area contributed by atoms with E-state index in [0.29, 0.717) is 49.1 Å². The van der Waals surface area contributed by atoms with Crippen molar-refractivity contribution in [1.82, 2.24) is 4.31 Å². The number of nitrogens with one attached hydrogen (secondary N) is 1. The Labute approximate surface area is 165 Å². The number of ether oxygens (including phenoxy) is 2. The van der Waals surface area contributed by atoms with E-state index in [1.165, 1.54) is 4.90 Å². The first-order chi connectivity index (χ1) is 13.3. The number of hydrogen-bond donors (Lipinski definition) is 2. The molecule has 0 radical (unpaired) electrons. The van der Waals surface area contributed by atoms with Crippen LogP contribution in [0.1, 0.15) is 16.7 Å². The van der Waals surface area contributed by atoms with Gasteiger partial charge in [0, 0.05) is 6.07 Å². The molecule has 0 saturated carbocycles. The lowest BCUT2D eigenvalue weighted by atomic mass is 10.1. The van der Waals surface area contributed by atoms with Gasteiger partial charge in [0.05, 0.1) is 36.6 Å². The van der Waals surface area contributed by atoms with E-state index in [9.17, 15) is 13.5 Å². The van der Waals surface area contributed by atoms with Gasteiger partial charge in [0.15, 0.2) is 11.5 Å². The Bertz CT molecular complexity index is 998. The van der Waals surface area contributed by atoms with Crippen LogP contribution in [-0.4, -0.2) is 50.8 Å². The Balaban J connectivity index is 1.44. The molecule has 0 unspecified atom stereocenters. The van der Waals surface area contributed by atoms with Crippen molar-refractivity contribution < 1.29 is 27.9 Å². The summed E-state index contributed by atoms with van der Waals surface area (Å²) in [4.78, 5) is 1.62. The summed E-state index contributed by atoms with van der Waals surface area (Å²) in [5.74, 6) is 1.38. The number of aryl methyl sites for hydroxylation is 2. The molecule has 2 aromatic carbocycles. The molecule has 0 aromatic heterocycles. The van der Waals surface area contributed by atoms with Crippen LogP contribution >= 0.6 is 0 Å². The lowest BCUT2D eigenvalue weighted by Gasteiger charge is -2.32. The van der Waals surface area contributed by atoms with Gasteiger partial charge in [0.1, 0.15) is 12.3 Å². The Kier molecular flexibility index (Phi) is 4.95. The molecule has 0 aliphatic carbocycles. The number of sulfonamides is 1. The van der Waals surface area contributed by atoms with E-state index in [1.54, 1.807) is 16.4 Å². The zero-order valence-corrected chi connectivity index (χ0v) is 16.9. The largest absolute Gasteiger partial charge is 0.507 e. The third-order valence-electron chi connectivity index (χ3n) is 5.41. The van der Waals surface area contributed by atoms with Crippen molar-refractivity contribution in [3.8, 4) is 17.2 Å². The molecule has 0 amide bonds. The highest BCUT2D eigenvalue weighted by Crippen LogP contribution is 2.37. The number of rotatable bonds is 4. The minimum Gasteiger partial charge on any atom is -0.507 e. The van der Waals surface area contributed by atoms with E-state index >= 15 is 0 Å². The lowest BCUT2D eigenvalue weighted by molar-refractivity contribution is -0.917. The summed E-state index contributed by atoms with van der Waals surface area (Å²) in [5.41, 5.74) is 2.49. The average molecular weight is 405 g/mol. The van der Waals surface area contributed by atoms with Crippen molar-refractivity contribution in [3.05, 3.63) is 47.0 Å². The van der Waals surface area contributed by atoms with Crippen molar-refractivity contribution in [2.45, 2.75) is 25.3 Å². The Morgan fingerprint density at radius 2 is 1.75 bits per heavy atom. The van der Waals surface area contributed by atoms with E-state index in [1.807, 2.05) is 32.0 Å². The quantitative estimate of drug-likeness (QED) is 0.788. The van der Waals surface area contributed by atoms with Crippen molar-refractivity contribution in [3.63, 3.8) is 0 Å². The fraction of sp³-hybridized carbons (Fsp3) is 0.400. The standard InChI is InChI=1S/C20H24N2O5S/c1-14-3-4-15(2)20(9-14)28(24,25)22-7-5-21(6-8-22)12-16-10-18-19(11-17(16)23)27-13-26-18/h3-4,9-11,23H,5-8,12-13H2,1-2H3/p+1. The van der Waals surface area contributed by atoms with Crippen molar-refractivity contribution in [1.29, 1.82) is 0 Å². The van der Waals surface area contributed by atoms with Crippen molar-refractivity contribution >= 4 is 10.0 Å². The fourth-order valence-electron chi connectivity index (χ4n) is 3.73. The molecule has 2 heterocycles. The van der Waals surface area contributed by atoms with E-state index in [2.05, 4.69) is 0 Å². The smallest absolute Gasteiger partial charge is 0.243 e. The third kappa shape index (κ3) is 3.55. The molecule has 28 heavy (non-hydrogen) atoms. The first kappa shape index (κ1) is 19.0. The molecule has 2 N–H and O–H groups in total. The van der Waals surface area contributed by atoms with Gasteiger partial charge in [-0.3, -0.25) is 0 Å². The summed E-state index contributed by atoms with van der Waals surface area (Å²) < 4.78 is 38.3. The SMILES string of the molecule is Cc1ccc(C)c(S(=O)(=O)N2CC[NH+](Cc3cc4c(cc3O)OCO4)CC2)c1. The van der Waals surface area contributed by atoms with Crippen LogP contribution in [0.5, 0.6) is 17.2 Å². The second kappa shape index (κ2) is 7.27. The molecule has 0 bridgehead atoms. The highest BCUT2D eigenvalue weighted by atomic mass is 32.2. The van der Waals surface area contributed by atoms with E-state index in [-0.39, 0.29) is 12.5 Å². The minimum atomic E-state index is -3.49. The number of hydrogen-bond acceptors (Lipinski definition) is 5. The molecular formula is C20H25N2O5S+. The van der Waals surface area contributed by atoms with Crippen LogP contribution in [0.2, 0.25) is 0 Å². The van der Waals surface area contributed by atoms with Crippen LogP contribution in [0, 0.1) is 13.8 Å². The maximum Gasteiger partial charge on any atom is 0.243 e. The van der Waals surface area contributed by atoms with E-state index < -0.39 is 10.0 Å². The highest BCUT2D eigenvalue weighted by Gasteiger charge is 2.32. The van der Waals surface area contributed by atoms with Crippen LogP contribution in [0.15, 0.2) is 35.2 Å². The normalized spacial score (nSPS) is 17.8. The summed E-state index contributed by atoms with van der Waals surface area (Å²) >= 11 is 0. The topological polar surface area (TPSA) is 80.5 Å². The number of benzene rings is 2. The number of phenols is 1. The molecule has 1 saturated heterocycles. The van der Waals surface area contributed by atoms with E-state index in [0.717, 1.165) is 16.7 Å². The van der Waals surface area contributed by atoms with Gasteiger partial charge >= 0.3 is 0 Å². The Morgan fingerprint density at radius 3 is 2.46 bits per heavy atom. The number of nitrogens with zero attached hydrogens (tertiary/aromatic N) is 1. The van der Waals surface area contributed by atoms with Crippen molar-refractivity contribution in [2.24, 2.45) is 0 Å². The lowest BCUT2D eigenvalue weighted by Crippen LogP contribution is -3.13. The van der Waals surface area contributed by atoms with Gasteiger partial charge in [-0.15, -0.1) is 0 Å². The van der Waals surface area contributed by atoms with Gasteiger partial charge in [0.25, 0.3) is 0 Å². The monoisotopic (exact) mass is 405 g/mol. The molecule has 0 atom stereocenters. The molecule has 2 aromatic rings. The Hall–Kier alpha value is -2.29. The van der Waals surface area contributed by atoms with E-state index in [4.69, 9.17) is 9.47 Å². The maximum absolute atomic E-state index is 13.1. The fourth-order valence-corrected chi connectivity index (χ4v) is 5.48. The zero-order chi connectivity index (χ0) is 19.9. The maximum atomic E-state index is 13.1. The molecule has 150 valence electrons. The van der Waals surface area contributed by atoms with Gasteiger partial charge in [-0.1, -0.05) is 12.1 Å². The van der Waals surface area contributed by atoms with Crippen molar-refractivity contribution in [2.75, 3.05) is 33.0 Å². The number of phenolic OH excluding ortho intramolecular Hbond substituents is 1. The number of aromatic hydroxyl groups is 1. The average Bonchev–Trinajstić information content (AvgIpc) is 3.11. The highest BCUT2D eigenvalue weighted by molar-refractivity contribution is 7.89. The molecule has 0 spiro atoms. The predicted molar refractivity (Wildman–Crippen MR) is 103 cm³/mol. The molecule has 7 nitrogen and oxygen atoms in total. The molecule has 1 fully saturated rings. The zero-order valence-electron chi connectivity index (χ0n) is 16.1. The molecule has 8 heteroatoms. The summed E-state index contributed by atoms with van der Waals surface area (Å²) in [7, 11) is -3.49. The number of quaternary nitrogens is 1. The molecular weight excluding hydrogens is 380 g/mol. The van der Waals surface area contributed by atoms with Crippen LogP contribution in [0.25, 0.3) is 0 Å². The van der Waals surface area contributed by atoms with Crippen LogP contribution in [0.3, 0.4) is 0 Å². The van der Waals surface area contributed by atoms with Crippen LogP contribution in [0.4, 0.5) is 0 Å². The van der Waals surface area contributed by atoms with Gasteiger partial charge in [-0.25, -0.2) is 8.42 Å². The van der Waals surface area contributed by atoms with Gasteiger partial charge in [-0.05, 0) is 37.1 Å². The second-order valence-electron chi connectivity index (χ2n) is 7.43. The van der Waals surface area contributed by atoms with Gasteiger partial charge in [0.2, 0.25) is 16.8 Å². The predicted octanol–water partition coefficient (Wildman–Crippen LogP) is 0.827. The molecule has 2 aliphatic rings. The van der Waals surface area contributed by atoms with Gasteiger partial charge < -0.3 is 19.5 Å². The Morgan fingerprint density at radius 1 is 1.07 bits per heavy atom. The second-order valence-corrected chi connectivity index (χ2v) is 9.34.